The number of hydrogen-bond donors (Lipinski definition) is 1. The Morgan fingerprint density at radius 3 is 2.45 bits per heavy atom. The van der Waals surface area contributed by atoms with Crippen molar-refractivity contribution in [3.63, 3.8) is 0 Å². The molecule has 1 aliphatic carbocycles. The van der Waals surface area contributed by atoms with Crippen molar-refractivity contribution < 1.29 is 28.5 Å². The number of rotatable bonds is 6. The molecule has 0 spiro atoms. The monoisotopic (exact) mass is 406 g/mol. The van der Waals surface area contributed by atoms with Crippen LogP contribution in [0.2, 0.25) is 0 Å². The highest BCUT2D eigenvalue weighted by Crippen LogP contribution is 2.49. The standard InChI is InChI=1S/C21H30N2O6/c1-19(2,3)29-18(25)23-13-20(11-21(12-20,14-23)28-15-26-4)22-17(24)27-10-16-8-6-5-7-9-16/h5-9H,10-15H2,1-4H3,(H,22,24). The van der Waals surface area contributed by atoms with E-state index in [0.717, 1.165) is 5.56 Å². The van der Waals surface area contributed by atoms with E-state index in [4.69, 9.17) is 18.9 Å². The van der Waals surface area contributed by atoms with Crippen molar-refractivity contribution in [2.24, 2.45) is 0 Å². The largest absolute Gasteiger partial charge is 0.445 e. The maximum atomic E-state index is 12.6. The van der Waals surface area contributed by atoms with E-state index < -0.39 is 28.9 Å². The Labute approximate surface area is 171 Å². The van der Waals surface area contributed by atoms with Crippen molar-refractivity contribution in [2.45, 2.75) is 57.0 Å². The number of nitrogens with zero attached hydrogens (tertiary/aromatic N) is 1. The Hall–Kier alpha value is -2.32. The first-order chi connectivity index (χ1) is 13.6. The summed E-state index contributed by atoms with van der Waals surface area (Å²) < 4.78 is 21.8. The zero-order valence-corrected chi connectivity index (χ0v) is 17.5. The number of hydrogen-bond acceptors (Lipinski definition) is 6. The summed E-state index contributed by atoms with van der Waals surface area (Å²) in [6.07, 6.45) is 0.234. The van der Waals surface area contributed by atoms with E-state index in [1.165, 1.54) is 0 Å². The zero-order chi connectivity index (χ0) is 21.1. The molecule has 4 rings (SSSR count). The summed E-state index contributed by atoms with van der Waals surface area (Å²) in [5, 5.41) is 2.95. The van der Waals surface area contributed by atoms with Gasteiger partial charge in [0.05, 0.1) is 17.7 Å². The van der Waals surface area contributed by atoms with Gasteiger partial charge in [-0.25, -0.2) is 9.59 Å². The number of piperidine rings is 2. The fourth-order valence-corrected chi connectivity index (χ4v) is 4.07. The summed E-state index contributed by atoms with van der Waals surface area (Å²) in [4.78, 5) is 26.6. The van der Waals surface area contributed by atoms with E-state index in [1.54, 1.807) is 12.0 Å². The van der Waals surface area contributed by atoms with Crippen molar-refractivity contribution in [2.75, 3.05) is 27.0 Å². The summed E-state index contributed by atoms with van der Waals surface area (Å²) >= 11 is 0. The molecular weight excluding hydrogens is 376 g/mol. The fraction of sp³-hybridized carbons (Fsp3) is 0.619. The van der Waals surface area contributed by atoms with Crippen LogP contribution in [0, 0.1) is 0 Å². The van der Waals surface area contributed by atoms with E-state index in [2.05, 4.69) is 5.32 Å². The molecule has 8 heteroatoms. The van der Waals surface area contributed by atoms with Crippen molar-refractivity contribution in [3.05, 3.63) is 35.9 Å². The minimum Gasteiger partial charge on any atom is -0.445 e. The smallest absolute Gasteiger partial charge is 0.410 e. The second kappa shape index (κ2) is 8.20. The lowest BCUT2D eigenvalue weighted by Crippen LogP contribution is -2.78. The van der Waals surface area contributed by atoms with E-state index in [0.29, 0.717) is 25.9 Å². The van der Waals surface area contributed by atoms with Gasteiger partial charge in [0.1, 0.15) is 19.0 Å². The number of benzene rings is 1. The van der Waals surface area contributed by atoms with E-state index >= 15 is 0 Å². The number of fused-ring (bicyclic) bond motifs is 2. The highest BCUT2D eigenvalue weighted by molar-refractivity contribution is 5.71. The summed E-state index contributed by atoms with van der Waals surface area (Å²) in [6, 6.07) is 9.47. The van der Waals surface area contributed by atoms with E-state index in [1.807, 2.05) is 51.1 Å². The lowest BCUT2D eigenvalue weighted by Gasteiger charge is -2.62. The quantitative estimate of drug-likeness (QED) is 0.731. The van der Waals surface area contributed by atoms with Gasteiger partial charge in [0, 0.05) is 26.5 Å². The predicted octanol–water partition coefficient (Wildman–Crippen LogP) is 3.06. The van der Waals surface area contributed by atoms with Crippen LogP contribution in [0.1, 0.15) is 39.2 Å². The average molecular weight is 406 g/mol. The summed E-state index contributed by atoms with van der Waals surface area (Å²) in [5.41, 5.74) is -0.853. The van der Waals surface area contributed by atoms with Crippen LogP contribution in [-0.4, -0.2) is 60.8 Å². The third-order valence-corrected chi connectivity index (χ3v) is 5.01. The van der Waals surface area contributed by atoms with Gasteiger partial charge in [0.25, 0.3) is 0 Å². The molecule has 0 atom stereocenters. The molecular formula is C21H30N2O6. The second-order valence-corrected chi connectivity index (χ2v) is 8.89. The fourth-order valence-electron chi connectivity index (χ4n) is 4.07. The number of carbonyl (C=O) groups is 2. The first kappa shape index (κ1) is 21.4. The number of nitrogens with one attached hydrogen (secondary N) is 1. The number of ether oxygens (including phenoxy) is 4. The van der Waals surface area contributed by atoms with Crippen molar-refractivity contribution in [3.8, 4) is 0 Å². The molecule has 2 saturated heterocycles. The molecule has 3 aliphatic rings. The molecule has 2 heterocycles. The molecule has 2 aliphatic heterocycles. The molecule has 3 fully saturated rings. The lowest BCUT2D eigenvalue weighted by atomic mass is 9.61. The molecule has 29 heavy (non-hydrogen) atoms. The van der Waals surface area contributed by atoms with Crippen LogP contribution in [0.25, 0.3) is 0 Å². The highest BCUT2D eigenvalue weighted by atomic mass is 16.7. The number of carbonyl (C=O) groups excluding carboxylic acids is 2. The third kappa shape index (κ3) is 5.39. The Balaban J connectivity index is 1.63. The molecule has 2 amide bonds. The molecule has 1 saturated carbocycles. The van der Waals surface area contributed by atoms with E-state index in [-0.39, 0.29) is 13.4 Å². The SMILES string of the molecule is COCOC12CN(C(=O)OC(C)(C)C)CC(NC(=O)OCc3ccccc3)(C1)C2. The van der Waals surface area contributed by atoms with E-state index in [9.17, 15) is 9.59 Å². The van der Waals surface area contributed by atoms with Gasteiger partial charge in [-0.15, -0.1) is 0 Å². The van der Waals surface area contributed by atoms with Gasteiger partial charge in [-0.05, 0) is 26.3 Å². The van der Waals surface area contributed by atoms with Crippen LogP contribution >= 0.6 is 0 Å². The molecule has 8 nitrogen and oxygen atoms in total. The Morgan fingerprint density at radius 1 is 1.14 bits per heavy atom. The van der Waals surface area contributed by atoms with Crippen LogP contribution in [0.5, 0.6) is 0 Å². The Kier molecular flexibility index (Phi) is 6.05. The Bertz CT molecular complexity index is 724. The van der Waals surface area contributed by atoms with Gasteiger partial charge in [0.15, 0.2) is 0 Å². The number of amides is 2. The maximum Gasteiger partial charge on any atom is 0.410 e. The van der Waals surface area contributed by atoms with Crippen LogP contribution < -0.4 is 5.32 Å². The molecule has 160 valence electrons. The minimum absolute atomic E-state index is 0.122. The third-order valence-electron chi connectivity index (χ3n) is 5.01. The molecule has 1 N–H and O–H groups in total. The number of methoxy groups -OCH3 is 1. The van der Waals surface area contributed by atoms with Gasteiger partial charge in [0.2, 0.25) is 0 Å². The van der Waals surface area contributed by atoms with Crippen molar-refractivity contribution >= 4 is 12.2 Å². The lowest BCUT2D eigenvalue weighted by molar-refractivity contribution is -0.225. The maximum absolute atomic E-state index is 12.6. The summed E-state index contributed by atoms with van der Waals surface area (Å²) in [5.74, 6) is 0. The second-order valence-electron chi connectivity index (χ2n) is 8.89. The summed E-state index contributed by atoms with van der Waals surface area (Å²) in [6.45, 7) is 6.51. The molecule has 0 unspecified atom stereocenters. The topological polar surface area (TPSA) is 86.3 Å². The van der Waals surface area contributed by atoms with Crippen molar-refractivity contribution in [1.82, 2.24) is 10.2 Å². The molecule has 0 radical (unpaired) electrons. The first-order valence-corrected chi connectivity index (χ1v) is 9.74. The average Bonchev–Trinajstić information content (AvgIpc) is 2.63. The summed E-state index contributed by atoms with van der Waals surface area (Å²) in [7, 11) is 1.55. The van der Waals surface area contributed by atoms with Gasteiger partial charge < -0.3 is 29.2 Å². The van der Waals surface area contributed by atoms with Crippen LogP contribution in [0.3, 0.4) is 0 Å². The Morgan fingerprint density at radius 2 is 1.83 bits per heavy atom. The molecule has 0 aromatic heterocycles. The number of alkyl carbamates (subject to hydrolysis) is 1. The van der Waals surface area contributed by atoms with Gasteiger partial charge >= 0.3 is 12.2 Å². The molecule has 1 aromatic carbocycles. The van der Waals surface area contributed by atoms with Gasteiger partial charge in [-0.3, -0.25) is 0 Å². The van der Waals surface area contributed by atoms with Crippen LogP contribution in [0.4, 0.5) is 9.59 Å². The normalized spacial score (nSPS) is 25.7. The first-order valence-electron chi connectivity index (χ1n) is 9.74. The zero-order valence-electron chi connectivity index (χ0n) is 17.5. The highest BCUT2D eigenvalue weighted by Gasteiger charge is 2.63. The van der Waals surface area contributed by atoms with Gasteiger partial charge in [-0.1, -0.05) is 30.3 Å². The minimum atomic E-state index is -0.603. The van der Waals surface area contributed by atoms with Crippen LogP contribution in [0.15, 0.2) is 30.3 Å². The predicted molar refractivity (Wildman–Crippen MR) is 105 cm³/mol. The van der Waals surface area contributed by atoms with Gasteiger partial charge in [-0.2, -0.15) is 0 Å². The van der Waals surface area contributed by atoms with Crippen LogP contribution in [-0.2, 0) is 25.6 Å². The molecule has 1 aromatic rings. The molecule has 2 bridgehead atoms. The van der Waals surface area contributed by atoms with Crippen molar-refractivity contribution in [1.29, 1.82) is 0 Å².